The van der Waals surface area contributed by atoms with Gasteiger partial charge >= 0.3 is 5.63 Å². The van der Waals surface area contributed by atoms with Gasteiger partial charge in [-0.15, -0.1) is 11.3 Å². The standard InChI is InChI=1S/C22H20N2O3S2/c1-11-12(2)29-20-19(11)21(26)24(3)22(23-20)28-10-15-9-18(25)27-17-8-14-6-4-5-13(14)7-16(15)17/h7-9H,4-6,10H2,1-3H3. The highest BCUT2D eigenvalue weighted by molar-refractivity contribution is 7.98. The molecule has 0 bridgehead atoms. The van der Waals surface area contributed by atoms with Crippen molar-refractivity contribution in [2.24, 2.45) is 7.05 Å². The highest BCUT2D eigenvalue weighted by atomic mass is 32.2. The minimum absolute atomic E-state index is 0.0189. The van der Waals surface area contributed by atoms with Gasteiger partial charge in [0.1, 0.15) is 10.4 Å². The molecule has 4 aromatic rings. The Labute approximate surface area is 175 Å². The van der Waals surface area contributed by atoms with E-state index in [9.17, 15) is 9.59 Å². The van der Waals surface area contributed by atoms with Gasteiger partial charge in [-0.3, -0.25) is 9.36 Å². The lowest BCUT2D eigenvalue weighted by atomic mass is 10.0. The van der Waals surface area contributed by atoms with Crippen LogP contribution in [0, 0.1) is 13.8 Å². The van der Waals surface area contributed by atoms with Crippen LogP contribution in [0.15, 0.2) is 37.4 Å². The minimum atomic E-state index is -0.340. The number of aromatic nitrogens is 2. The predicted octanol–water partition coefficient (Wildman–Crippen LogP) is 4.50. The van der Waals surface area contributed by atoms with Gasteiger partial charge in [-0.1, -0.05) is 11.8 Å². The smallest absolute Gasteiger partial charge is 0.336 e. The first kappa shape index (κ1) is 18.6. The lowest BCUT2D eigenvalue weighted by Gasteiger charge is -2.10. The van der Waals surface area contributed by atoms with E-state index in [1.165, 1.54) is 22.9 Å². The third kappa shape index (κ3) is 3.04. The van der Waals surface area contributed by atoms with E-state index in [4.69, 9.17) is 9.40 Å². The molecule has 0 radical (unpaired) electrons. The Morgan fingerprint density at radius 1 is 1.17 bits per heavy atom. The van der Waals surface area contributed by atoms with Crippen LogP contribution in [0.25, 0.3) is 21.2 Å². The molecule has 29 heavy (non-hydrogen) atoms. The number of hydrogen-bond acceptors (Lipinski definition) is 6. The summed E-state index contributed by atoms with van der Waals surface area (Å²) in [7, 11) is 1.76. The van der Waals surface area contributed by atoms with Crippen molar-refractivity contribution < 1.29 is 4.42 Å². The quantitative estimate of drug-likeness (QED) is 0.275. The molecule has 0 fully saturated rings. The maximum atomic E-state index is 12.8. The molecule has 3 heterocycles. The lowest BCUT2D eigenvalue weighted by Crippen LogP contribution is -2.19. The van der Waals surface area contributed by atoms with E-state index in [0.717, 1.165) is 45.5 Å². The molecule has 0 unspecified atom stereocenters. The van der Waals surface area contributed by atoms with Gasteiger partial charge in [0.05, 0.1) is 5.39 Å². The Morgan fingerprint density at radius 3 is 2.72 bits per heavy atom. The Bertz CT molecular complexity index is 1410. The second-order valence-corrected chi connectivity index (χ2v) is 9.72. The van der Waals surface area contributed by atoms with Crippen LogP contribution in [0.1, 0.15) is 33.6 Å². The normalized spacial score (nSPS) is 13.5. The van der Waals surface area contributed by atoms with E-state index >= 15 is 0 Å². The van der Waals surface area contributed by atoms with Crippen LogP contribution in [-0.4, -0.2) is 9.55 Å². The first-order chi connectivity index (χ1) is 13.9. The summed E-state index contributed by atoms with van der Waals surface area (Å²) in [5.74, 6) is 0.552. The molecule has 5 rings (SSSR count). The zero-order valence-corrected chi connectivity index (χ0v) is 18.1. The van der Waals surface area contributed by atoms with Gasteiger partial charge in [-0.2, -0.15) is 0 Å². The van der Waals surface area contributed by atoms with E-state index in [0.29, 0.717) is 21.9 Å². The highest BCUT2D eigenvalue weighted by Crippen LogP contribution is 2.32. The first-order valence-corrected chi connectivity index (χ1v) is 11.4. The van der Waals surface area contributed by atoms with Crippen LogP contribution in [-0.2, 0) is 25.6 Å². The molecule has 0 aliphatic heterocycles. The number of aryl methyl sites for hydroxylation is 4. The van der Waals surface area contributed by atoms with Crippen molar-refractivity contribution in [3.63, 3.8) is 0 Å². The summed E-state index contributed by atoms with van der Waals surface area (Å²) in [5.41, 5.74) is 4.84. The van der Waals surface area contributed by atoms with Crippen LogP contribution >= 0.6 is 23.1 Å². The van der Waals surface area contributed by atoms with E-state index < -0.39 is 0 Å². The zero-order valence-electron chi connectivity index (χ0n) is 16.5. The first-order valence-electron chi connectivity index (χ1n) is 9.60. The third-order valence-corrected chi connectivity index (χ3v) is 7.95. The lowest BCUT2D eigenvalue weighted by molar-refractivity contribution is 0.559. The van der Waals surface area contributed by atoms with Crippen molar-refractivity contribution in [1.82, 2.24) is 9.55 Å². The monoisotopic (exact) mass is 424 g/mol. The Hall–Kier alpha value is -2.38. The van der Waals surface area contributed by atoms with Crippen LogP contribution in [0.2, 0.25) is 0 Å². The van der Waals surface area contributed by atoms with Gasteiger partial charge in [0.15, 0.2) is 5.16 Å². The summed E-state index contributed by atoms with van der Waals surface area (Å²) < 4.78 is 7.07. The molecule has 5 nitrogen and oxygen atoms in total. The van der Waals surface area contributed by atoms with E-state index in [2.05, 4.69) is 6.07 Å². The Balaban J connectivity index is 1.57. The number of hydrogen-bond donors (Lipinski definition) is 0. The molecule has 1 aliphatic rings. The van der Waals surface area contributed by atoms with E-state index in [1.807, 2.05) is 19.9 Å². The molecule has 148 valence electrons. The van der Waals surface area contributed by atoms with Gasteiger partial charge < -0.3 is 4.42 Å². The number of thiophene rings is 1. The van der Waals surface area contributed by atoms with Gasteiger partial charge in [0, 0.05) is 29.1 Å². The second-order valence-electron chi connectivity index (χ2n) is 7.57. The molecule has 0 N–H and O–H groups in total. The largest absolute Gasteiger partial charge is 0.423 e. The third-order valence-electron chi connectivity index (χ3n) is 5.77. The number of fused-ring (bicyclic) bond motifs is 3. The van der Waals surface area contributed by atoms with Crippen molar-refractivity contribution in [2.45, 2.75) is 44.0 Å². The van der Waals surface area contributed by atoms with Crippen molar-refractivity contribution in [2.75, 3.05) is 0 Å². The summed E-state index contributed by atoms with van der Waals surface area (Å²) >= 11 is 3.03. The van der Waals surface area contributed by atoms with Gasteiger partial charge in [-0.05, 0) is 67.5 Å². The zero-order chi connectivity index (χ0) is 20.3. The van der Waals surface area contributed by atoms with Crippen molar-refractivity contribution in [1.29, 1.82) is 0 Å². The number of thioether (sulfide) groups is 1. The summed E-state index contributed by atoms with van der Waals surface area (Å²) in [6.07, 6.45) is 3.26. The maximum absolute atomic E-state index is 12.8. The molecule has 0 atom stereocenters. The summed E-state index contributed by atoms with van der Waals surface area (Å²) in [4.78, 5) is 31.6. The molecule has 1 aliphatic carbocycles. The predicted molar refractivity (Wildman–Crippen MR) is 118 cm³/mol. The Kier molecular flexibility index (Phi) is 4.40. The summed E-state index contributed by atoms with van der Waals surface area (Å²) in [5, 5.41) is 2.35. The molecular weight excluding hydrogens is 404 g/mol. The average Bonchev–Trinajstić information content (AvgIpc) is 3.25. The van der Waals surface area contributed by atoms with Crippen LogP contribution < -0.4 is 11.2 Å². The molecular formula is C22H20N2O3S2. The average molecular weight is 425 g/mol. The fourth-order valence-electron chi connectivity index (χ4n) is 4.04. The number of rotatable bonds is 3. The van der Waals surface area contributed by atoms with Crippen LogP contribution in [0.5, 0.6) is 0 Å². The summed E-state index contributed by atoms with van der Waals surface area (Å²) in [6.45, 7) is 3.99. The van der Waals surface area contributed by atoms with E-state index in [-0.39, 0.29) is 11.2 Å². The molecule has 0 amide bonds. The maximum Gasteiger partial charge on any atom is 0.336 e. The number of nitrogens with zero attached hydrogens (tertiary/aromatic N) is 2. The fourth-order valence-corrected chi connectivity index (χ4v) is 6.07. The van der Waals surface area contributed by atoms with Crippen LogP contribution in [0.3, 0.4) is 0 Å². The Morgan fingerprint density at radius 2 is 1.93 bits per heavy atom. The molecule has 0 spiro atoms. The van der Waals surface area contributed by atoms with Crippen molar-refractivity contribution in [3.8, 4) is 0 Å². The summed E-state index contributed by atoms with van der Waals surface area (Å²) in [6, 6.07) is 5.75. The fraction of sp³-hybridized carbons (Fsp3) is 0.318. The van der Waals surface area contributed by atoms with Crippen molar-refractivity contribution >= 4 is 44.3 Å². The highest BCUT2D eigenvalue weighted by Gasteiger charge is 2.17. The van der Waals surface area contributed by atoms with Gasteiger partial charge in [0.2, 0.25) is 0 Å². The SMILES string of the molecule is Cc1sc2nc(SCc3cc(=O)oc4cc5c(cc34)CCC5)n(C)c(=O)c2c1C. The van der Waals surface area contributed by atoms with Gasteiger partial charge in [0.25, 0.3) is 5.56 Å². The minimum Gasteiger partial charge on any atom is -0.423 e. The van der Waals surface area contributed by atoms with Crippen LogP contribution in [0.4, 0.5) is 0 Å². The molecule has 0 saturated heterocycles. The second kappa shape index (κ2) is 6.85. The number of benzene rings is 1. The van der Waals surface area contributed by atoms with Gasteiger partial charge in [-0.25, -0.2) is 9.78 Å². The topological polar surface area (TPSA) is 65.1 Å². The molecule has 3 aromatic heterocycles. The molecule has 1 aromatic carbocycles. The van der Waals surface area contributed by atoms with E-state index in [1.54, 1.807) is 29.0 Å². The van der Waals surface area contributed by atoms with Crippen molar-refractivity contribution in [3.05, 3.63) is 66.1 Å². The molecule has 7 heteroatoms. The molecule has 0 saturated carbocycles.